The number of nitrogen functional groups attached to an aromatic ring is 1. The molecule has 1 heterocycles. The van der Waals surface area contributed by atoms with Crippen LogP contribution < -0.4 is 5.73 Å². The van der Waals surface area contributed by atoms with Gasteiger partial charge in [0.1, 0.15) is 4.88 Å². The molecule has 0 bridgehead atoms. The minimum absolute atomic E-state index is 0.0404. The van der Waals surface area contributed by atoms with Crippen molar-refractivity contribution in [3.8, 4) is 0 Å². The largest absolute Gasteiger partial charge is 0.397 e. The molecular formula is C11H18N2OS. The predicted octanol–water partition coefficient (Wildman–Crippen LogP) is 2.59. The maximum atomic E-state index is 11.9. The van der Waals surface area contributed by atoms with Crippen LogP contribution in [0.3, 0.4) is 0 Å². The second-order valence-corrected chi connectivity index (χ2v) is 4.55. The van der Waals surface area contributed by atoms with Gasteiger partial charge >= 0.3 is 0 Å². The van der Waals surface area contributed by atoms with Gasteiger partial charge in [-0.15, -0.1) is 11.3 Å². The number of carbonyl (C=O) groups excluding carboxylic acids is 1. The summed E-state index contributed by atoms with van der Waals surface area (Å²) in [6.07, 6.45) is 3.39. The molecule has 0 atom stereocenters. The molecular weight excluding hydrogens is 208 g/mol. The topological polar surface area (TPSA) is 46.3 Å². The lowest BCUT2D eigenvalue weighted by Gasteiger charge is -2.16. The number of nitrogens with two attached hydrogens (primary N) is 1. The summed E-state index contributed by atoms with van der Waals surface area (Å²) in [7, 11) is 1.83. The highest BCUT2D eigenvalue weighted by Crippen LogP contribution is 2.20. The Kier molecular flexibility index (Phi) is 4.62. The van der Waals surface area contributed by atoms with Gasteiger partial charge in [0, 0.05) is 13.6 Å². The van der Waals surface area contributed by atoms with Crippen LogP contribution >= 0.6 is 11.3 Å². The molecule has 0 radical (unpaired) electrons. The standard InChI is InChI=1S/C11H18N2OS/c1-3-4-5-7-13(2)11(14)10-9(12)6-8-15-10/h6,8H,3-5,7,12H2,1-2H3. The van der Waals surface area contributed by atoms with E-state index in [0.29, 0.717) is 10.6 Å². The Labute approximate surface area is 94.9 Å². The van der Waals surface area contributed by atoms with E-state index in [1.54, 1.807) is 11.0 Å². The molecule has 4 heteroatoms. The number of amides is 1. The first kappa shape index (κ1) is 12.0. The van der Waals surface area contributed by atoms with E-state index < -0.39 is 0 Å². The molecule has 2 N–H and O–H groups in total. The Morgan fingerprint density at radius 1 is 1.53 bits per heavy atom. The fourth-order valence-corrected chi connectivity index (χ4v) is 2.18. The number of unbranched alkanes of at least 4 members (excludes halogenated alkanes) is 2. The lowest BCUT2D eigenvalue weighted by molar-refractivity contribution is 0.0798. The van der Waals surface area contributed by atoms with Crippen LogP contribution in [0.5, 0.6) is 0 Å². The van der Waals surface area contributed by atoms with E-state index >= 15 is 0 Å². The summed E-state index contributed by atoms with van der Waals surface area (Å²) < 4.78 is 0. The summed E-state index contributed by atoms with van der Waals surface area (Å²) in [5, 5.41) is 1.85. The van der Waals surface area contributed by atoms with Crippen LogP contribution in [0.1, 0.15) is 35.9 Å². The molecule has 0 aliphatic heterocycles. The molecule has 0 saturated heterocycles. The first-order valence-electron chi connectivity index (χ1n) is 5.25. The Balaban J connectivity index is 2.50. The molecule has 0 spiro atoms. The number of hydrogen-bond acceptors (Lipinski definition) is 3. The third kappa shape index (κ3) is 3.23. The van der Waals surface area contributed by atoms with Gasteiger partial charge in [0.15, 0.2) is 0 Å². The van der Waals surface area contributed by atoms with Gasteiger partial charge in [0.2, 0.25) is 0 Å². The molecule has 1 aromatic heterocycles. The maximum Gasteiger partial charge on any atom is 0.265 e. The molecule has 0 aliphatic rings. The van der Waals surface area contributed by atoms with Gasteiger partial charge in [-0.1, -0.05) is 19.8 Å². The Hall–Kier alpha value is -1.03. The number of thiophene rings is 1. The van der Waals surface area contributed by atoms with Crippen LogP contribution in [-0.4, -0.2) is 24.4 Å². The van der Waals surface area contributed by atoms with Crippen LogP contribution in [0.15, 0.2) is 11.4 Å². The molecule has 15 heavy (non-hydrogen) atoms. The second-order valence-electron chi connectivity index (χ2n) is 3.64. The van der Waals surface area contributed by atoms with Crippen LogP contribution in [0, 0.1) is 0 Å². The smallest absolute Gasteiger partial charge is 0.265 e. The first-order chi connectivity index (χ1) is 7.16. The summed E-state index contributed by atoms with van der Waals surface area (Å²) in [5.41, 5.74) is 6.29. The van der Waals surface area contributed by atoms with Crippen LogP contribution in [-0.2, 0) is 0 Å². The molecule has 3 nitrogen and oxygen atoms in total. The van der Waals surface area contributed by atoms with E-state index in [1.807, 2.05) is 12.4 Å². The van der Waals surface area contributed by atoms with E-state index in [9.17, 15) is 4.79 Å². The van der Waals surface area contributed by atoms with Crippen molar-refractivity contribution in [2.75, 3.05) is 19.3 Å². The zero-order chi connectivity index (χ0) is 11.3. The van der Waals surface area contributed by atoms with Gasteiger partial charge in [0.05, 0.1) is 5.69 Å². The fourth-order valence-electron chi connectivity index (χ4n) is 1.37. The summed E-state index contributed by atoms with van der Waals surface area (Å²) in [4.78, 5) is 14.3. The number of anilines is 1. The van der Waals surface area contributed by atoms with E-state index in [2.05, 4.69) is 6.92 Å². The summed E-state index contributed by atoms with van der Waals surface area (Å²) in [6, 6.07) is 1.78. The van der Waals surface area contributed by atoms with Crippen LogP contribution in [0.4, 0.5) is 5.69 Å². The van der Waals surface area contributed by atoms with Crippen molar-refractivity contribution >= 4 is 22.9 Å². The van der Waals surface area contributed by atoms with E-state index in [4.69, 9.17) is 5.73 Å². The monoisotopic (exact) mass is 226 g/mol. The Morgan fingerprint density at radius 3 is 2.80 bits per heavy atom. The molecule has 0 unspecified atom stereocenters. The molecule has 0 aromatic carbocycles. The van der Waals surface area contributed by atoms with Gasteiger partial charge in [-0.2, -0.15) is 0 Å². The molecule has 1 aromatic rings. The maximum absolute atomic E-state index is 11.9. The van der Waals surface area contributed by atoms with Gasteiger partial charge in [-0.25, -0.2) is 0 Å². The van der Waals surface area contributed by atoms with Gasteiger partial charge in [0.25, 0.3) is 5.91 Å². The van der Waals surface area contributed by atoms with E-state index in [-0.39, 0.29) is 5.91 Å². The number of carbonyl (C=O) groups is 1. The summed E-state index contributed by atoms with van der Waals surface area (Å²) in [5.74, 6) is 0.0404. The fraction of sp³-hybridized carbons (Fsp3) is 0.545. The SMILES string of the molecule is CCCCCN(C)C(=O)c1sccc1N. The average Bonchev–Trinajstić information content (AvgIpc) is 2.63. The summed E-state index contributed by atoms with van der Waals surface area (Å²) in [6.45, 7) is 2.96. The van der Waals surface area contributed by atoms with E-state index in [1.165, 1.54) is 17.8 Å². The quantitative estimate of drug-likeness (QED) is 0.784. The molecule has 1 rings (SSSR count). The van der Waals surface area contributed by atoms with Gasteiger partial charge in [-0.3, -0.25) is 4.79 Å². The highest BCUT2D eigenvalue weighted by Gasteiger charge is 2.15. The van der Waals surface area contributed by atoms with Gasteiger partial charge in [-0.05, 0) is 17.9 Å². The minimum Gasteiger partial charge on any atom is -0.397 e. The normalized spacial score (nSPS) is 10.3. The van der Waals surface area contributed by atoms with Crippen molar-refractivity contribution in [1.82, 2.24) is 4.90 Å². The number of hydrogen-bond donors (Lipinski definition) is 1. The molecule has 0 saturated carbocycles. The third-order valence-electron chi connectivity index (χ3n) is 2.33. The summed E-state index contributed by atoms with van der Waals surface area (Å²) >= 11 is 1.41. The minimum atomic E-state index is 0.0404. The highest BCUT2D eigenvalue weighted by atomic mass is 32.1. The van der Waals surface area contributed by atoms with Crippen molar-refractivity contribution in [2.24, 2.45) is 0 Å². The van der Waals surface area contributed by atoms with Crippen LogP contribution in [0.2, 0.25) is 0 Å². The molecule has 84 valence electrons. The molecule has 1 amide bonds. The van der Waals surface area contributed by atoms with Crippen molar-refractivity contribution in [3.63, 3.8) is 0 Å². The van der Waals surface area contributed by atoms with Gasteiger partial charge < -0.3 is 10.6 Å². The molecule has 0 fully saturated rings. The number of rotatable bonds is 5. The zero-order valence-corrected chi connectivity index (χ0v) is 10.1. The highest BCUT2D eigenvalue weighted by molar-refractivity contribution is 7.12. The van der Waals surface area contributed by atoms with E-state index in [0.717, 1.165) is 19.4 Å². The second kappa shape index (κ2) is 5.75. The van der Waals surface area contributed by atoms with Crippen LogP contribution in [0.25, 0.3) is 0 Å². The average molecular weight is 226 g/mol. The van der Waals surface area contributed by atoms with Crippen molar-refractivity contribution < 1.29 is 4.79 Å². The Morgan fingerprint density at radius 2 is 2.27 bits per heavy atom. The Bertz CT molecular complexity index is 322. The predicted molar refractivity (Wildman–Crippen MR) is 65.2 cm³/mol. The number of nitrogens with zero attached hydrogens (tertiary/aromatic N) is 1. The van der Waals surface area contributed by atoms with Crippen molar-refractivity contribution in [1.29, 1.82) is 0 Å². The third-order valence-corrected chi connectivity index (χ3v) is 3.25. The van der Waals surface area contributed by atoms with Crippen molar-refractivity contribution in [2.45, 2.75) is 26.2 Å². The lowest BCUT2D eigenvalue weighted by Crippen LogP contribution is -2.27. The zero-order valence-electron chi connectivity index (χ0n) is 9.32. The molecule has 0 aliphatic carbocycles. The lowest BCUT2D eigenvalue weighted by atomic mass is 10.2. The first-order valence-corrected chi connectivity index (χ1v) is 6.13. The van der Waals surface area contributed by atoms with Crippen molar-refractivity contribution in [3.05, 3.63) is 16.3 Å².